The van der Waals surface area contributed by atoms with Gasteiger partial charge in [0.25, 0.3) is 0 Å². The number of hydrogen-bond acceptors (Lipinski definition) is 3. The van der Waals surface area contributed by atoms with E-state index in [-0.39, 0.29) is 6.54 Å². The summed E-state index contributed by atoms with van der Waals surface area (Å²) in [7, 11) is 0. The lowest BCUT2D eigenvalue weighted by molar-refractivity contribution is 0.0921. The van der Waals surface area contributed by atoms with Crippen LogP contribution in [0, 0.1) is 0 Å². The van der Waals surface area contributed by atoms with Crippen LogP contribution < -0.4 is 5.48 Å². The molecule has 0 aromatic heterocycles. The van der Waals surface area contributed by atoms with Crippen LogP contribution >= 0.6 is 0 Å². The molecule has 0 fully saturated rings. The molecule has 0 saturated carbocycles. The van der Waals surface area contributed by atoms with E-state index in [0.717, 1.165) is 12.0 Å². The van der Waals surface area contributed by atoms with Gasteiger partial charge in [-0.15, -0.1) is 0 Å². The Hall–Kier alpha value is -0.900. The zero-order valence-electron chi connectivity index (χ0n) is 7.70. The number of hydroxylamine groups is 1. The molecule has 1 atom stereocenters. The summed E-state index contributed by atoms with van der Waals surface area (Å²) in [5.41, 5.74) is 4.01. The van der Waals surface area contributed by atoms with Crippen molar-refractivity contribution in [1.29, 1.82) is 0 Å². The van der Waals surface area contributed by atoms with Crippen LogP contribution in [0.15, 0.2) is 24.3 Å². The van der Waals surface area contributed by atoms with Crippen LogP contribution in [0.4, 0.5) is 0 Å². The van der Waals surface area contributed by atoms with Crippen molar-refractivity contribution >= 4 is 0 Å². The molecule has 0 heterocycles. The van der Waals surface area contributed by atoms with Gasteiger partial charge in [-0.3, -0.25) is 0 Å². The third-order valence-electron chi connectivity index (χ3n) is 2.06. The Morgan fingerprint density at radius 3 is 2.38 bits per heavy atom. The lowest BCUT2D eigenvalue weighted by Gasteiger charge is -2.09. The van der Waals surface area contributed by atoms with Gasteiger partial charge in [0.15, 0.2) is 0 Å². The maximum atomic E-state index is 9.46. The lowest BCUT2D eigenvalue weighted by Crippen LogP contribution is -2.17. The molecule has 0 amide bonds. The molecule has 3 N–H and O–H groups in total. The molecular weight excluding hydrogens is 166 g/mol. The predicted octanol–water partition coefficient (Wildman–Crippen LogP) is 1.26. The zero-order valence-corrected chi connectivity index (χ0v) is 7.70. The van der Waals surface area contributed by atoms with Gasteiger partial charge < -0.3 is 10.3 Å². The summed E-state index contributed by atoms with van der Waals surface area (Å²) in [6.07, 6.45) is 0.352. The van der Waals surface area contributed by atoms with Crippen molar-refractivity contribution in [3.05, 3.63) is 35.4 Å². The molecule has 1 aromatic carbocycles. The second kappa shape index (κ2) is 4.97. The normalized spacial score (nSPS) is 12.8. The minimum absolute atomic E-state index is 0.158. The van der Waals surface area contributed by atoms with Gasteiger partial charge in [0.05, 0.1) is 12.6 Å². The molecule has 0 aliphatic carbocycles. The summed E-state index contributed by atoms with van der Waals surface area (Å²) in [5.74, 6) is 0. The highest BCUT2D eigenvalue weighted by atomic mass is 16.5. The van der Waals surface area contributed by atoms with Gasteiger partial charge in [-0.05, 0) is 17.5 Å². The number of aliphatic hydroxyl groups is 1. The molecule has 3 heteroatoms. The van der Waals surface area contributed by atoms with Gasteiger partial charge in [0.1, 0.15) is 0 Å². The van der Waals surface area contributed by atoms with Gasteiger partial charge in [0, 0.05) is 0 Å². The number of aryl methyl sites for hydroxylation is 1. The highest BCUT2D eigenvalue weighted by Crippen LogP contribution is 2.12. The van der Waals surface area contributed by atoms with Crippen LogP contribution in [0.1, 0.15) is 24.2 Å². The molecule has 1 rings (SSSR count). The number of nitrogens with one attached hydrogen (secondary N) is 1. The predicted molar refractivity (Wildman–Crippen MR) is 50.6 cm³/mol. The average molecular weight is 181 g/mol. The van der Waals surface area contributed by atoms with Crippen LogP contribution in [-0.4, -0.2) is 16.9 Å². The van der Waals surface area contributed by atoms with Crippen molar-refractivity contribution in [2.45, 2.75) is 19.4 Å². The standard InChI is InChI=1S/C10H15NO2/c1-2-8-3-5-9(6-4-8)10(12)7-11-13/h3-6,10-13H,2,7H2,1H3. The molecule has 1 unspecified atom stereocenters. The van der Waals surface area contributed by atoms with E-state index in [2.05, 4.69) is 6.92 Å². The molecule has 0 saturated heterocycles. The number of benzene rings is 1. The Balaban J connectivity index is 2.67. The highest BCUT2D eigenvalue weighted by Gasteiger charge is 2.05. The van der Waals surface area contributed by atoms with Crippen LogP contribution in [0.3, 0.4) is 0 Å². The second-order valence-electron chi connectivity index (χ2n) is 2.97. The topological polar surface area (TPSA) is 52.5 Å². The summed E-state index contributed by atoms with van der Waals surface area (Å²) >= 11 is 0. The summed E-state index contributed by atoms with van der Waals surface area (Å²) < 4.78 is 0. The average Bonchev–Trinajstić information content (AvgIpc) is 2.18. The van der Waals surface area contributed by atoms with E-state index >= 15 is 0 Å². The van der Waals surface area contributed by atoms with E-state index in [1.165, 1.54) is 5.56 Å². The number of aliphatic hydroxyl groups excluding tert-OH is 1. The van der Waals surface area contributed by atoms with Crippen molar-refractivity contribution in [1.82, 2.24) is 5.48 Å². The molecule has 0 bridgehead atoms. The highest BCUT2D eigenvalue weighted by molar-refractivity contribution is 5.24. The van der Waals surface area contributed by atoms with Gasteiger partial charge >= 0.3 is 0 Å². The summed E-state index contributed by atoms with van der Waals surface area (Å²) in [5, 5.41) is 17.9. The van der Waals surface area contributed by atoms with Crippen molar-refractivity contribution in [2.75, 3.05) is 6.54 Å². The molecule has 0 spiro atoms. The van der Waals surface area contributed by atoms with Crippen molar-refractivity contribution < 1.29 is 10.3 Å². The van der Waals surface area contributed by atoms with Crippen LogP contribution in [0.2, 0.25) is 0 Å². The van der Waals surface area contributed by atoms with Crippen LogP contribution in [-0.2, 0) is 6.42 Å². The smallest absolute Gasteiger partial charge is 0.0937 e. The minimum Gasteiger partial charge on any atom is -0.387 e. The Morgan fingerprint density at radius 2 is 1.92 bits per heavy atom. The van der Waals surface area contributed by atoms with Crippen LogP contribution in [0.5, 0.6) is 0 Å². The summed E-state index contributed by atoms with van der Waals surface area (Å²) in [6, 6.07) is 7.72. The fourth-order valence-corrected chi connectivity index (χ4v) is 1.18. The van der Waals surface area contributed by atoms with E-state index in [1.54, 1.807) is 0 Å². The van der Waals surface area contributed by atoms with Gasteiger partial charge in [-0.1, -0.05) is 31.2 Å². The van der Waals surface area contributed by atoms with E-state index in [0.29, 0.717) is 0 Å². The molecule has 1 aromatic rings. The third-order valence-corrected chi connectivity index (χ3v) is 2.06. The second-order valence-corrected chi connectivity index (χ2v) is 2.97. The van der Waals surface area contributed by atoms with E-state index in [1.807, 2.05) is 29.7 Å². The Bertz CT molecular complexity index is 246. The maximum Gasteiger partial charge on any atom is 0.0937 e. The van der Waals surface area contributed by atoms with E-state index in [9.17, 15) is 5.11 Å². The first-order valence-electron chi connectivity index (χ1n) is 4.41. The largest absolute Gasteiger partial charge is 0.387 e. The molecule has 72 valence electrons. The first-order valence-corrected chi connectivity index (χ1v) is 4.41. The Morgan fingerprint density at radius 1 is 1.31 bits per heavy atom. The zero-order chi connectivity index (χ0) is 9.68. The molecule has 13 heavy (non-hydrogen) atoms. The molecule has 0 aliphatic heterocycles. The molecule has 0 radical (unpaired) electrons. The molecule has 0 aliphatic rings. The van der Waals surface area contributed by atoms with Gasteiger partial charge in [0.2, 0.25) is 0 Å². The van der Waals surface area contributed by atoms with E-state index < -0.39 is 6.10 Å². The summed E-state index contributed by atoms with van der Waals surface area (Å²) in [6.45, 7) is 2.24. The SMILES string of the molecule is CCc1ccc(C(O)CNO)cc1. The summed E-state index contributed by atoms with van der Waals surface area (Å²) in [4.78, 5) is 0. The Labute approximate surface area is 78.0 Å². The van der Waals surface area contributed by atoms with Gasteiger partial charge in [-0.2, -0.15) is 0 Å². The monoisotopic (exact) mass is 181 g/mol. The van der Waals surface area contributed by atoms with Crippen molar-refractivity contribution in [2.24, 2.45) is 0 Å². The number of hydrogen-bond donors (Lipinski definition) is 3. The Kier molecular flexibility index (Phi) is 3.89. The first kappa shape index (κ1) is 10.2. The van der Waals surface area contributed by atoms with Crippen molar-refractivity contribution in [3.8, 4) is 0 Å². The quantitative estimate of drug-likeness (QED) is 0.613. The van der Waals surface area contributed by atoms with Crippen molar-refractivity contribution in [3.63, 3.8) is 0 Å². The van der Waals surface area contributed by atoms with Gasteiger partial charge in [-0.25, -0.2) is 5.48 Å². The first-order chi connectivity index (χ1) is 6.27. The maximum absolute atomic E-state index is 9.46. The molecular formula is C10H15NO2. The third kappa shape index (κ3) is 2.81. The number of rotatable bonds is 4. The van der Waals surface area contributed by atoms with E-state index in [4.69, 9.17) is 5.21 Å². The lowest BCUT2D eigenvalue weighted by atomic mass is 10.1. The molecule has 3 nitrogen and oxygen atoms in total. The minimum atomic E-state index is -0.643. The fraction of sp³-hybridized carbons (Fsp3) is 0.400. The van der Waals surface area contributed by atoms with Crippen LogP contribution in [0.25, 0.3) is 0 Å². The fourth-order valence-electron chi connectivity index (χ4n) is 1.18.